The third kappa shape index (κ3) is 2.38. The van der Waals surface area contributed by atoms with Gasteiger partial charge in [-0.15, -0.1) is 0 Å². The quantitative estimate of drug-likeness (QED) is 0.812. The van der Waals surface area contributed by atoms with Crippen LogP contribution in [0.3, 0.4) is 0 Å². The third-order valence-corrected chi connectivity index (χ3v) is 6.43. The molecule has 114 valence electrons. The molecule has 4 bridgehead atoms. The van der Waals surface area contributed by atoms with Crippen LogP contribution in [0.4, 0.5) is 0 Å². The Hall–Kier alpha value is -0.570. The minimum atomic E-state index is -0.706. The van der Waals surface area contributed by atoms with Gasteiger partial charge in [0.05, 0.1) is 5.41 Å². The minimum absolute atomic E-state index is 0.453. The number of hydrogen-bond acceptors (Lipinski definition) is 2. The van der Waals surface area contributed by atoms with E-state index in [1.165, 1.54) is 38.5 Å². The molecule has 0 radical (unpaired) electrons. The zero-order valence-electron chi connectivity index (χ0n) is 13.1. The summed E-state index contributed by atoms with van der Waals surface area (Å²) in [6.45, 7) is 6.50. The van der Waals surface area contributed by atoms with E-state index >= 15 is 0 Å². The van der Waals surface area contributed by atoms with Crippen molar-refractivity contribution in [3.63, 3.8) is 0 Å². The van der Waals surface area contributed by atoms with Crippen LogP contribution in [0, 0.1) is 28.6 Å². The Morgan fingerprint density at radius 2 is 1.65 bits per heavy atom. The van der Waals surface area contributed by atoms with Crippen LogP contribution < -0.4 is 5.32 Å². The van der Waals surface area contributed by atoms with Crippen molar-refractivity contribution in [3.05, 3.63) is 0 Å². The zero-order valence-corrected chi connectivity index (χ0v) is 13.1. The number of rotatable bonds is 5. The predicted molar refractivity (Wildman–Crippen MR) is 79.5 cm³/mol. The van der Waals surface area contributed by atoms with E-state index in [9.17, 15) is 9.90 Å². The number of aliphatic carboxylic acids is 1. The summed E-state index contributed by atoms with van der Waals surface area (Å²) in [7, 11) is 0. The van der Waals surface area contributed by atoms with E-state index in [1.54, 1.807) is 0 Å². The summed E-state index contributed by atoms with van der Waals surface area (Å²) in [6.07, 6.45) is 8.52. The van der Waals surface area contributed by atoms with Gasteiger partial charge in [-0.2, -0.15) is 0 Å². The van der Waals surface area contributed by atoms with Crippen LogP contribution >= 0.6 is 0 Å². The number of carboxylic acid groups (broad SMARTS) is 1. The van der Waals surface area contributed by atoms with Gasteiger partial charge in [0, 0.05) is 12.6 Å². The Balaban J connectivity index is 1.65. The molecule has 2 N–H and O–H groups in total. The summed E-state index contributed by atoms with van der Waals surface area (Å²) in [5.74, 6) is 2.16. The average molecular weight is 279 g/mol. The van der Waals surface area contributed by atoms with Crippen molar-refractivity contribution < 1.29 is 9.90 Å². The first-order chi connectivity index (χ1) is 9.31. The van der Waals surface area contributed by atoms with Gasteiger partial charge in [0.15, 0.2) is 0 Å². The molecule has 4 rings (SSSR count). The van der Waals surface area contributed by atoms with E-state index < -0.39 is 11.4 Å². The molecule has 4 fully saturated rings. The first kappa shape index (κ1) is 14.4. The molecule has 0 aromatic rings. The van der Waals surface area contributed by atoms with Gasteiger partial charge in [-0.25, -0.2) is 0 Å². The van der Waals surface area contributed by atoms with E-state index in [1.807, 2.05) is 13.8 Å². The fourth-order valence-corrected chi connectivity index (χ4v) is 5.41. The van der Waals surface area contributed by atoms with Gasteiger partial charge in [0.1, 0.15) is 0 Å². The standard InChI is InChI=1S/C17H29NO2/c1-11(18-10-16(2,3)15(19)20)17-7-12-4-13(8-17)6-14(5-12)9-17/h11-14,18H,4-10H2,1-3H3,(H,19,20). The molecule has 0 aromatic heterocycles. The molecule has 0 heterocycles. The summed E-state index contributed by atoms with van der Waals surface area (Å²) in [5.41, 5.74) is -0.208. The minimum Gasteiger partial charge on any atom is -0.481 e. The lowest BCUT2D eigenvalue weighted by Gasteiger charge is -2.59. The van der Waals surface area contributed by atoms with Crippen molar-refractivity contribution in [2.24, 2.45) is 28.6 Å². The van der Waals surface area contributed by atoms with Crippen molar-refractivity contribution in [1.82, 2.24) is 5.32 Å². The normalized spacial score (nSPS) is 40.9. The smallest absolute Gasteiger partial charge is 0.310 e. The van der Waals surface area contributed by atoms with E-state index in [2.05, 4.69) is 12.2 Å². The second-order valence-corrected chi connectivity index (χ2v) is 8.57. The van der Waals surface area contributed by atoms with Gasteiger partial charge in [0.25, 0.3) is 0 Å². The van der Waals surface area contributed by atoms with Gasteiger partial charge in [-0.1, -0.05) is 0 Å². The summed E-state index contributed by atoms with van der Waals surface area (Å²) >= 11 is 0. The molecular formula is C17H29NO2. The van der Waals surface area contributed by atoms with E-state index in [-0.39, 0.29) is 0 Å². The van der Waals surface area contributed by atoms with Crippen LogP contribution in [0.25, 0.3) is 0 Å². The van der Waals surface area contributed by atoms with Gasteiger partial charge in [-0.05, 0) is 82.5 Å². The summed E-state index contributed by atoms with van der Waals surface area (Å²) in [5, 5.41) is 12.8. The monoisotopic (exact) mass is 279 g/mol. The van der Waals surface area contributed by atoms with Crippen LogP contribution in [0.1, 0.15) is 59.3 Å². The third-order valence-electron chi connectivity index (χ3n) is 6.43. The Labute approximate surface area is 122 Å². The van der Waals surface area contributed by atoms with E-state index in [0.29, 0.717) is 18.0 Å². The highest BCUT2D eigenvalue weighted by Crippen LogP contribution is 2.61. The summed E-state index contributed by atoms with van der Waals surface area (Å²) in [4.78, 5) is 11.2. The largest absolute Gasteiger partial charge is 0.481 e. The van der Waals surface area contributed by atoms with Crippen LogP contribution in [0.15, 0.2) is 0 Å². The molecule has 0 aliphatic heterocycles. The van der Waals surface area contributed by atoms with Crippen LogP contribution in [-0.2, 0) is 4.79 Å². The maximum Gasteiger partial charge on any atom is 0.310 e. The molecule has 4 aliphatic rings. The molecule has 0 aromatic carbocycles. The molecule has 3 heteroatoms. The van der Waals surface area contributed by atoms with Crippen LogP contribution in [-0.4, -0.2) is 23.7 Å². The second kappa shape index (κ2) is 4.72. The second-order valence-electron chi connectivity index (χ2n) is 8.57. The molecule has 0 saturated heterocycles. The van der Waals surface area contributed by atoms with Gasteiger partial charge < -0.3 is 10.4 Å². The lowest BCUT2D eigenvalue weighted by Crippen LogP contribution is -2.56. The van der Waals surface area contributed by atoms with E-state index in [0.717, 1.165) is 17.8 Å². The zero-order chi connectivity index (χ0) is 14.5. The number of nitrogens with one attached hydrogen (secondary N) is 1. The number of carbonyl (C=O) groups is 1. The van der Waals surface area contributed by atoms with Crippen molar-refractivity contribution >= 4 is 5.97 Å². The fourth-order valence-electron chi connectivity index (χ4n) is 5.41. The number of hydrogen-bond donors (Lipinski definition) is 2. The lowest BCUT2D eigenvalue weighted by atomic mass is 9.48. The fraction of sp³-hybridized carbons (Fsp3) is 0.941. The predicted octanol–water partition coefficient (Wildman–Crippen LogP) is 3.29. The molecule has 0 amide bonds. The molecule has 1 atom stereocenters. The molecule has 4 aliphatic carbocycles. The summed E-state index contributed by atoms with van der Waals surface area (Å²) in [6, 6.07) is 0.453. The Bertz CT molecular complexity index is 367. The Morgan fingerprint density at radius 3 is 2.05 bits per heavy atom. The molecular weight excluding hydrogens is 250 g/mol. The molecule has 1 unspecified atom stereocenters. The lowest BCUT2D eigenvalue weighted by molar-refractivity contribution is -0.147. The topological polar surface area (TPSA) is 49.3 Å². The van der Waals surface area contributed by atoms with Crippen molar-refractivity contribution in [3.8, 4) is 0 Å². The number of carboxylic acids is 1. The van der Waals surface area contributed by atoms with Gasteiger partial charge >= 0.3 is 5.97 Å². The van der Waals surface area contributed by atoms with Gasteiger partial charge in [0.2, 0.25) is 0 Å². The highest BCUT2D eigenvalue weighted by molar-refractivity contribution is 5.73. The highest BCUT2D eigenvalue weighted by atomic mass is 16.4. The van der Waals surface area contributed by atoms with Crippen molar-refractivity contribution in [1.29, 1.82) is 0 Å². The molecule has 4 saturated carbocycles. The van der Waals surface area contributed by atoms with E-state index in [4.69, 9.17) is 0 Å². The Morgan fingerprint density at radius 1 is 1.20 bits per heavy atom. The van der Waals surface area contributed by atoms with Crippen molar-refractivity contribution in [2.45, 2.75) is 65.3 Å². The summed E-state index contributed by atoms with van der Waals surface area (Å²) < 4.78 is 0. The highest BCUT2D eigenvalue weighted by Gasteiger charge is 2.53. The van der Waals surface area contributed by atoms with Crippen LogP contribution in [0.5, 0.6) is 0 Å². The Kier molecular flexibility index (Phi) is 3.39. The SMILES string of the molecule is CC(NCC(C)(C)C(=O)O)C12CC3CC(CC(C3)C1)C2. The van der Waals surface area contributed by atoms with Crippen molar-refractivity contribution in [2.75, 3.05) is 6.54 Å². The van der Waals surface area contributed by atoms with Crippen LogP contribution in [0.2, 0.25) is 0 Å². The molecule has 0 spiro atoms. The first-order valence-electron chi connectivity index (χ1n) is 8.27. The molecule has 3 nitrogen and oxygen atoms in total. The molecule has 20 heavy (non-hydrogen) atoms. The maximum atomic E-state index is 11.2. The first-order valence-corrected chi connectivity index (χ1v) is 8.27. The average Bonchev–Trinajstić information content (AvgIpc) is 2.34. The maximum absolute atomic E-state index is 11.2. The van der Waals surface area contributed by atoms with Gasteiger partial charge in [-0.3, -0.25) is 4.79 Å².